The van der Waals surface area contributed by atoms with Crippen molar-refractivity contribution >= 4 is 5.97 Å². The van der Waals surface area contributed by atoms with E-state index in [9.17, 15) is 4.79 Å². The number of rotatable bonds is 16. The Morgan fingerprint density at radius 1 is 0.909 bits per heavy atom. The van der Waals surface area contributed by atoms with Crippen LogP contribution in [0.5, 0.6) is 5.75 Å². The summed E-state index contributed by atoms with van der Waals surface area (Å²) < 4.78 is 12.1. The van der Waals surface area contributed by atoms with Crippen molar-refractivity contribution in [3.8, 4) is 5.75 Å². The number of hydrogen-bond acceptors (Lipinski definition) is 3. The lowest BCUT2D eigenvalue weighted by molar-refractivity contribution is -0.904. The molecule has 4 heteroatoms. The van der Waals surface area contributed by atoms with Crippen molar-refractivity contribution in [1.29, 1.82) is 0 Å². The largest absolute Gasteiger partial charge is 0.457 e. The molecule has 2 aromatic rings. The Hall–Kier alpha value is -2.33. The molecule has 0 saturated heterocycles. The predicted octanol–water partition coefficient (Wildman–Crippen LogP) is 6.77. The van der Waals surface area contributed by atoms with Crippen molar-refractivity contribution in [3.63, 3.8) is 0 Å². The normalized spacial score (nSPS) is 12.4. The third-order valence-corrected chi connectivity index (χ3v) is 6.21. The van der Waals surface area contributed by atoms with Crippen LogP contribution in [0.2, 0.25) is 0 Å². The van der Waals surface area contributed by atoms with Gasteiger partial charge in [-0.15, -0.1) is 0 Å². The SMILES string of the molecule is CCCCCCCCc1ccccc1OCOC(=O)C(C)CC[N+](C)(C)Cc1ccccc1. The number of para-hydroxylation sites is 1. The second-order valence-corrected chi connectivity index (χ2v) is 9.84. The summed E-state index contributed by atoms with van der Waals surface area (Å²) in [5.74, 6) is 0.482. The summed E-state index contributed by atoms with van der Waals surface area (Å²) in [6.07, 6.45) is 9.43. The molecule has 0 aliphatic rings. The van der Waals surface area contributed by atoms with Crippen LogP contribution in [0, 0.1) is 5.92 Å². The Labute approximate surface area is 201 Å². The Balaban J connectivity index is 1.70. The number of carbonyl (C=O) groups is 1. The summed E-state index contributed by atoms with van der Waals surface area (Å²) in [7, 11) is 4.41. The van der Waals surface area contributed by atoms with Gasteiger partial charge in [-0.25, -0.2) is 0 Å². The summed E-state index contributed by atoms with van der Waals surface area (Å²) in [6, 6.07) is 18.6. The van der Waals surface area contributed by atoms with Gasteiger partial charge < -0.3 is 14.0 Å². The van der Waals surface area contributed by atoms with E-state index >= 15 is 0 Å². The van der Waals surface area contributed by atoms with Gasteiger partial charge in [-0.2, -0.15) is 0 Å². The van der Waals surface area contributed by atoms with E-state index in [1.807, 2.05) is 31.2 Å². The van der Waals surface area contributed by atoms with Gasteiger partial charge >= 0.3 is 5.97 Å². The van der Waals surface area contributed by atoms with Crippen molar-refractivity contribution in [2.75, 3.05) is 27.4 Å². The molecule has 0 amide bonds. The highest BCUT2D eigenvalue weighted by Crippen LogP contribution is 2.21. The van der Waals surface area contributed by atoms with Gasteiger partial charge in [0.2, 0.25) is 6.79 Å². The number of esters is 1. The van der Waals surface area contributed by atoms with E-state index in [1.165, 1.54) is 43.2 Å². The molecular weight excluding hydrogens is 410 g/mol. The fourth-order valence-corrected chi connectivity index (χ4v) is 4.06. The number of ether oxygens (including phenoxy) is 2. The van der Waals surface area contributed by atoms with Crippen LogP contribution in [-0.2, 0) is 22.5 Å². The molecule has 0 fully saturated rings. The molecule has 0 radical (unpaired) electrons. The zero-order valence-corrected chi connectivity index (χ0v) is 21.2. The summed E-state index contributed by atoms with van der Waals surface area (Å²) in [6.45, 7) is 6.01. The number of carbonyl (C=O) groups excluding carboxylic acids is 1. The number of aryl methyl sites for hydroxylation is 1. The number of nitrogens with zero attached hydrogens (tertiary/aromatic N) is 1. The van der Waals surface area contributed by atoms with Crippen molar-refractivity contribution in [3.05, 3.63) is 65.7 Å². The first-order valence-electron chi connectivity index (χ1n) is 12.6. The van der Waals surface area contributed by atoms with Crippen LogP contribution in [0.15, 0.2) is 54.6 Å². The van der Waals surface area contributed by atoms with E-state index in [1.54, 1.807) is 0 Å². The topological polar surface area (TPSA) is 35.5 Å². The molecule has 0 aliphatic carbocycles. The van der Waals surface area contributed by atoms with Gasteiger partial charge in [0.25, 0.3) is 0 Å². The molecule has 1 unspecified atom stereocenters. The maximum atomic E-state index is 12.5. The van der Waals surface area contributed by atoms with Crippen LogP contribution < -0.4 is 4.74 Å². The summed E-state index contributed by atoms with van der Waals surface area (Å²) in [4.78, 5) is 12.5. The average molecular weight is 455 g/mol. The monoisotopic (exact) mass is 454 g/mol. The van der Waals surface area contributed by atoms with Gasteiger partial charge in [-0.05, 0) is 24.5 Å². The summed E-state index contributed by atoms with van der Waals surface area (Å²) in [5, 5.41) is 0. The quantitative estimate of drug-likeness (QED) is 0.121. The number of quaternary nitrogens is 1. The minimum Gasteiger partial charge on any atom is -0.457 e. The molecule has 0 aromatic heterocycles. The van der Waals surface area contributed by atoms with Crippen LogP contribution in [-0.4, -0.2) is 37.9 Å². The fourth-order valence-electron chi connectivity index (χ4n) is 4.06. The molecule has 0 heterocycles. The predicted molar refractivity (Wildman–Crippen MR) is 136 cm³/mol. The maximum absolute atomic E-state index is 12.5. The van der Waals surface area contributed by atoms with E-state index in [2.05, 4.69) is 51.4 Å². The minimum atomic E-state index is -0.192. The Bertz CT molecular complexity index is 804. The summed E-state index contributed by atoms with van der Waals surface area (Å²) in [5.41, 5.74) is 2.50. The van der Waals surface area contributed by atoms with Gasteiger partial charge in [0, 0.05) is 12.0 Å². The minimum absolute atomic E-state index is 0.0288. The average Bonchev–Trinajstić information content (AvgIpc) is 2.81. The lowest BCUT2D eigenvalue weighted by Gasteiger charge is -2.30. The molecule has 0 bridgehead atoms. The van der Waals surface area contributed by atoms with Gasteiger partial charge in [0.05, 0.1) is 26.6 Å². The highest BCUT2D eigenvalue weighted by Gasteiger charge is 2.22. The van der Waals surface area contributed by atoms with Gasteiger partial charge in [0.1, 0.15) is 12.3 Å². The number of hydrogen-bond donors (Lipinski definition) is 0. The highest BCUT2D eigenvalue weighted by atomic mass is 16.7. The Morgan fingerprint density at radius 2 is 1.58 bits per heavy atom. The van der Waals surface area contributed by atoms with Crippen LogP contribution in [0.1, 0.15) is 69.9 Å². The second-order valence-electron chi connectivity index (χ2n) is 9.84. The van der Waals surface area contributed by atoms with E-state index in [-0.39, 0.29) is 18.7 Å². The molecule has 0 saturated carbocycles. The van der Waals surface area contributed by atoms with E-state index in [4.69, 9.17) is 9.47 Å². The molecule has 0 aliphatic heterocycles. The molecule has 2 aromatic carbocycles. The third-order valence-electron chi connectivity index (χ3n) is 6.21. The Morgan fingerprint density at radius 3 is 2.33 bits per heavy atom. The standard InChI is InChI=1S/C29H44NO3/c1-5-6-7-8-9-13-18-27-19-14-15-20-28(27)32-24-33-29(31)25(2)21-22-30(3,4)23-26-16-11-10-12-17-26/h10-12,14-17,19-20,25H,5-9,13,18,21-24H2,1-4H3/q+1. The Kier molecular flexibility index (Phi) is 12.0. The van der Waals surface area contributed by atoms with Gasteiger partial charge in [0.15, 0.2) is 0 Å². The molecule has 0 N–H and O–H groups in total. The lowest BCUT2D eigenvalue weighted by Crippen LogP contribution is -2.40. The third kappa shape index (κ3) is 10.9. The van der Waals surface area contributed by atoms with Gasteiger partial charge in [-0.1, -0.05) is 94.5 Å². The molecule has 182 valence electrons. The molecular formula is C29H44NO3+. The van der Waals surface area contributed by atoms with Crippen LogP contribution in [0.4, 0.5) is 0 Å². The van der Waals surface area contributed by atoms with Crippen LogP contribution in [0.25, 0.3) is 0 Å². The number of benzene rings is 2. The lowest BCUT2D eigenvalue weighted by atomic mass is 10.0. The van der Waals surface area contributed by atoms with Crippen molar-refractivity contribution < 1.29 is 18.8 Å². The molecule has 4 nitrogen and oxygen atoms in total. The summed E-state index contributed by atoms with van der Waals surface area (Å²) >= 11 is 0. The molecule has 1 atom stereocenters. The van der Waals surface area contributed by atoms with Crippen molar-refractivity contribution in [2.24, 2.45) is 5.92 Å². The van der Waals surface area contributed by atoms with Crippen molar-refractivity contribution in [2.45, 2.75) is 71.8 Å². The van der Waals surface area contributed by atoms with E-state index in [0.29, 0.717) is 0 Å². The van der Waals surface area contributed by atoms with E-state index < -0.39 is 0 Å². The fraction of sp³-hybridized carbons (Fsp3) is 0.552. The second kappa shape index (κ2) is 14.7. The first-order valence-corrected chi connectivity index (χ1v) is 12.6. The zero-order chi connectivity index (χ0) is 23.9. The first-order chi connectivity index (χ1) is 15.9. The van der Waals surface area contributed by atoms with Crippen LogP contribution in [0.3, 0.4) is 0 Å². The van der Waals surface area contributed by atoms with Crippen LogP contribution >= 0.6 is 0 Å². The van der Waals surface area contributed by atoms with Gasteiger partial charge in [-0.3, -0.25) is 4.79 Å². The molecule has 33 heavy (non-hydrogen) atoms. The smallest absolute Gasteiger partial charge is 0.311 e. The highest BCUT2D eigenvalue weighted by molar-refractivity contribution is 5.71. The zero-order valence-electron chi connectivity index (χ0n) is 21.2. The maximum Gasteiger partial charge on any atom is 0.311 e. The molecule has 2 rings (SSSR count). The first kappa shape index (κ1) is 26.9. The van der Waals surface area contributed by atoms with E-state index in [0.717, 1.165) is 42.6 Å². The molecule has 0 spiro atoms. The number of unbranched alkanes of at least 4 members (excludes halogenated alkanes) is 5. The van der Waals surface area contributed by atoms with Crippen molar-refractivity contribution in [1.82, 2.24) is 0 Å².